The summed E-state index contributed by atoms with van der Waals surface area (Å²) in [7, 11) is 0. The third-order valence-electron chi connectivity index (χ3n) is 4.37. The molecule has 3 nitrogen and oxygen atoms in total. The van der Waals surface area contributed by atoms with Gasteiger partial charge in [-0.2, -0.15) is 13.2 Å². The van der Waals surface area contributed by atoms with E-state index in [1.807, 2.05) is 6.07 Å². The fourth-order valence-corrected chi connectivity index (χ4v) is 2.86. The van der Waals surface area contributed by atoms with Gasteiger partial charge >= 0.3 is 12.5 Å². The number of ether oxygens (including phenoxy) is 1. The van der Waals surface area contributed by atoms with Gasteiger partial charge in [0.05, 0.1) is 5.92 Å². The minimum absolute atomic E-state index is 0.111. The number of aryl methyl sites for hydroxylation is 1. The molecule has 0 spiro atoms. The molecule has 0 aliphatic carbocycles. The first-order valence-electron chi connectivity index (χ1n) is 9.93. The van der Waals surface area contributed by atoms with Gasteiger partial charge in [-0.05, 0) is 68.5 Å². The topological polar surface area (TPSA) is 61.3 Å². The highest BCUT2D eigenvalue weighted by molar-refractivity contribution is 5.30. The molecule has 174 valence electrons. The molecule has 0 saturated heterocycles. The van der Waals surface area contributed by atoms with Crippen LogP contribution in [0.3, 0.4) is 0 Å². The van der Waals surface area contributed by atoms with E-state index in [2.05, 4.69) is 29.0 Å². The normalized spacial score (nSPS) is 12.6. The van der Waals surface area contributed by atoms with E-state index >= 15 is 0 Å². The van der Waals surface area contributed by atoms with Gasteiger partial charge in [-0.15, -0.1) is 13.2 Å². The number of nitrogens with two attached hydrogens (primary N) is 2. The van der Waals surface area contributed by atoms with Crippen LogP contribution in [0.2, 0.25) is 0 Å². The highest BCUT2D eigenvalue weighted by atomic mass is 19.4. The molecule has 31 heavy (non-hydrogen) atoms. The van der Waals surface area contributed by atoms with Crippen molar-refractivity contribution in [3.05, 3.63) is 65.7 Å². The van der Waals surface area contributed by atoms with E-state index in [0.29, 0.717) is 0 Å². The van der Waals surface area contributed by atoms with Gasteiger partial charge in [0.1, 0.15) is 5.75 Å². The average Bonchev–Trinajstić information content (AvgIpc) is 2.69. The largest absolute Gasteiger partial charge is 0.573 e. The van der Waals surface area contributed by atoms with Crippen molar-refractivity contribution in [2.24, 2.45) is 11.5 Å². The van der Waals surface area contributed by atoms with Gasteiger partial charge < -0.3 is 16.2 Å². The van der Waals surface area contributed by atoms with Crippen molar-refractivity contribution in [1.82, 2.24) is 0 Å². The van der Waals surface area contributed by atoms with Crippen LogP contribution in [0.25, 0.3) is 0 Å². The summed E-state index contributed by atoms with van der Waals surface area (Å²) >= 11 is 0. The van der Waals surface area contributed by atoms with E-state index < -0.39 is 24.2 Å². The Morgan fingerprint density at radius 3 is 1.81 bits per heavy atom. The summed E-state index contributed by atoms with van der Waals surface area (Å²) in [6, 6.07) is 14.2. The Hall–Kier alpha value is -2.26. The quantitative estimate of drug-likeness (QED) is 0.367. The molecule has 0 aromatic heterocycles. The standard InChI is InChI=1S/C12H13F6NO.C10H15N/c13-11(14,15)10(2-1-7-19)8-3-5-9(6-4-8)20-12(16,17)18;11-9-5-4-8-10-6-2-1-3-7-10/h3-6,10H,1-2,7,19H2;1-3,6-7H,4-5,8-9,11H2. The molecule has 0 heterocycles. The van der Waals surface area contributed by atoms with Crippen LogP contribution in [0.1, 0.15) is 42.7 Å². The summed E-state index contributed by atoms with van der Waals surface area (Å²) in [4.78, 5) is 0. The Morgan fingerprint density at radius 1 is 0.742 bits per heavy atom. The van der Waals surface area contributed by atoms with E-state index in [4.69, 9.17) is 11.5 Å². The van der Waals surface area contributed by atoms with Crippen molar-refractivity contribution in [3.63, 3.8) is 0 Å². The minimum atomic E-state index is -4.87. The van der Waals surface area contributed by atoms with Gasteiger partial charge in [0.25, 0.3) is 0 Å². The van der Waals surface area contributed by atoms with Crippen LogP contribution >= 0.6 is 0 Å². The lowest BCUT2D eigenvalue weighted by Gasteiger charge is -2.20. The molecule has 0 aliphatic heterocycles. The van der Waals surface area contributed by atoms with Gasteiger partial charge in [0, 0.05) is 0 Å². The fraction of sp³-hybridized carbons (Fsp3) is 0.455. The number of unbranched alkanes of at least 4 members (excludes halogenated alkanes) is 1. The zero-order valence-corrected chi connectivity index (χ0v) is 17.1. The number of rotatable bonds is 9. The SMILES string of the molecule is NCCCC(c1ccc(OC(F)(F)F)cc1)C(F)(F)F.NCCCCc1ccccc1. The second kappa shape index (κ2) is 13.2. The monoisotopic (exact) mass is 450 g/mol. The highest BCUT2D eigenvalue weighted by Gasteiger charge is 2.40. The Balaban J connectivity index is 0.000000367. The molecule has 2 rings (SSSR count). The van der Waals surface area contributed by atoms with E-state index in [0.717, 1.165) is 43.7 Å². The molecule has 0 amide bonds. The van der Waals surface area contributed by atoms with Crippen LogP contribution in [0, 0.1) is 0 Å². The van der Waals surface area contributed by atoms with Crippen molar-refractivity contribution in [2.75, 3.05) is 13.1 Å². The Bertz CT molecular complexity index is 718. The van der Waals surface area contributed by atoms with Crippen LogP contribution in [0.5, 0.6) is 5.75 Å². The average molecular weight is 450 g/mol. The van der Waals surface area contributed by atoms with E-state index in [1.54, 1.807) is 0 Å². The van der Waals surface area contributed by atoms with Crippen molar-refractivity contribution in [1.29, 1.82) is 0 Å². The molecule has 9 heteroatoms. The Kier molecular flexibility index (Phi) is 11.4. The van der Waals surface area contributed by atoms with Gasteiger partial charge in [-0.25, -0.2) is 0 Å². The summed E-state index contributed by atoms with van der Waals surface area (Å²) in [5, 5.41) is 0. The molecular formula is C22H28F6N2O. The molecule has 1 unspecified atom stereocenters. The van der Waals surface area contributed by atoms with Gasteiger partial charge in [0.2, 0.25) is 0 Å². The molecule has 0 fully saturated rings. The third kappa shape index (κ3) is 11.6. The van der Waals surface area contributed by atoms with Crippen LogP contribution in [-0.2, 0) is 6.42 Å². The predicted octanol–water partition coefficient (Wildman–Crippen LogP) is 5.94. The Labute approximate surface area is 178 Å². The van der Waals surface area contributed by atoms with E-state index in [9.17, 15) is 26.3 Å². The summed E-state index contributed by atoms with van der Waals surface area (Å²) in [6.07, 6.45) is -5.87. The summed E-state index contributed by atoms with van der Waals surface area (Å²) < 4.78 is 78.0. The zero-order valence-electron chi connectivity index (χ0n) is 17.1. The van der Waals surface area contributed by atoms with Crippen LogP contribution in [0.15, 0.2) is 54.6 Å². The van der Waals surface area contributed by atoms with Gasteiger partial charge in [-0.3, -0.25) is 0 Å². The Morgan fingerprint density at radius 2 is 1.32 bits per heavy atom. The highest BCUT2D eigenvalue weighted by Crippen LogP contribution is 2.38. The fourth-order valence-electron chi connectivity index (χ4n) is 2.86. The van der Waals surface area contributed by atoms with Crippen molar-refractivity contribution in [2.45, 2.75) is 50.6 Å². The molecular weight excluding hydrogens is 422 g/mol. The van der Waals surface area contributed by atoms with Crippen molar-refractivity contribution < 1.29 is 31.1 Å². The van der Waals surface area contributed by atoms with Gasteiger partial charge in [-0.1, -0.05) is 42.5 Å². The second-order valence-corrected chi connectivity index (χ2v) is 6.87. The summed E-state index contributed by atoms with van der Waals surface area (Å²) in [6.45, 7) is 0.925. The molecule has 0 radical (unpaired) electrons. The van der Waals surface area contributed by atoms with Gasteiger partial charge in [0.15, 0.2) is 0 Å². The van der Waals surface area contributed by atoms with Crippen molar-refractivity contribution in [3.8, 4) is 5.75 Å². The lowest BCUT2D eigenvalue weighted by Crippen LogP contribution is -2.22. The minimum Gasteiger partial charge on any atom is -0.406 e. The number of halogens is 6. The van der Waals surface area contributed by atoms with Crippen LogP contribution < -0.4 is 16.2 Å². The van der Waals surface area contributed by atoms with Crippen LogP contribution in [0.4, 0.5) is 26.3 Å². The maximum Gasteiger partial charge on any atom is 0.573 e. The smallest absolute Gasteiger partial charge is 0.406 e. The summed E-state index contributed by atoms with van der Waals surface area (Å²) in [5.41, 5.74) is 11.9. The lowest BCUT2D eigenvalue weighted by atomic mass is 9.93. The number of benzene rings is 2. The molecule has 4 N–H and O–H groups in total. The van der Waals surface area contributed by atoms with Crippen LogP contribution in [-0.4, -0.2) is 25.6 Å². The molecule has 2 aromatic rings. The first kappa shape index (κ1) is 26.8. The van der Waals surface area contributed by atoms with E-state index in [-0.39, 0.29) is 24.9 Å². The number of hydrogen-bond donors (Lipinski definition) is 2. The first-order chi connectivity index (χ1) is 14.6. The maximum atomic E-state index is 12.8. The molecule has 0 aliphatic rings. The zero-order chi connectivity index (χ0) is 23.3. The molecule has 1 atom stereocenters. The maximum absolute atomic E-state index is 12.8. The number of alkyl halides is 6. The molecule has 2 aromatic carbocycles. The van der Waals surface area contributed by atoms with Crippen molar-refractivity contribution >= 4 is 0 Å². The first-order valence-corrected chi connectivity index (χ1v) is 9.93. The third-order valence-corrected chi connectivity index (χ3v) is 4.37. The summed E-state index contributed by atoms with van der Waals surface area (Å²) in [5.74, 6) is -2.30. The predicted molar refractivity (Wildman–Crippen MR) is 109 cm³/mol. The van der Waals surface area contributed by atoms with E-state index in [1.165, 1.54) is 12.0 Å². The lowest BCUT2D eigenvalue weighted by molar-refractivity contribution is -0.274. The number of hydrogen-bond acceptors (Lipinski definition) is 3. The molecule has 0 bridgehead atoms. The molecule has 0 saturated carbocycles. The second-order valence-electron chi connectivity index (χ2n) is 6.87.